The maximum absolute atomic E-state index is 12.1. The Morgan fingerprint density at radius 3 is 2.20 bits per heavy atom. The van der Waals surface area contributed by atoms with Gasteiger partial charge in [-0.25, -0.2) is 13.2 Å². The van der Waals surface area contributed by atoms with Crippen molar-refractivity contribution in [3.63, 3.8) is 0 Å². The van der Waals surface area contributed by atoms with E-state index in [0.717, 1.165) is 24.2 Å². The Hall–Kier alpha value is -1.11. The van der Waals surface area contributed by atoms with Gasteiger partial charge in [0.1, 0.15) is 11.3 Å². The number of carbonyl (C=O) groups is 2. The van der Waals surface area contributed by atoms with E-state index >= 15 is 0 Å². The van der Waals surface area contributed by atoms with Crippen molar-refractivity contribution < 1.29 is 23.1 Å². The van der Waals surface area contributed by atoms with E-state index in [9.17, 15) is 23.1 Å². The summed E-state index contributed by atoms with van der Waals surface area (Å²) in [6.07, 6.45) is 3.66. The molecule has 0 unspecified atom stereocenters. The number of amides is 1. The first-order chi connectivity index (χ1) is 9.25. The Kier molecular flexibility index (Phi) is 5.56. The highest BCUT2D eigenvalue weighted by molar-refractivity contribution is 7.92. The largest absolute Gasteiger partial charge is 0.479 e. The first kappa shape index (κ1) is 16.9. The quantitative estimate of drug-likeness (QED) is 0.792. The summed E-state index contributed by atoms with van der Waals surface area (Å²) < 4.78 is 23.4. The highest BCUT2D eigenvalue weighted by Crippen LogP contribution is 2.33. The number of carboxylic acids is 1. The first-order valence-corrected chi connectivity index (χ1v) is 8.78. The molecule has 1 aliphatic carbocycles. The van der Waals surface area contributed by atoms with Crippen molar-refractivity contribution in [1.82, 2.24) is 4.90 Å². The second-order valence-electron chi connectivity index (χ2n) is 5.44. The van der Waals surface area contributed by atoms with Crippen molar-refractivity contribution in [2.24, 2.45) is 0 Å². The Morgan fingerprint density at radius 1 is 1.20 bits per heavy atom. The average molecular weight is 305 g/mol. The van der Waals surface area contributed by atoms with Crippen LogP contribution in [0.2, 0.25) is 0 Å². The highest BCUT2D eigenvalue weighted by atomic mass is 32.2. The molecule has 20 heavy (non-hydrogen) atoms. The standard InChI is InChI=1S/C13H23NO5S/c1-3-9-20(18,19)10-11(15)14(2)13(12(16)17)7-5-4-6-8-13/h3-10H2,1-2H3,(H,16,17). The molecule has 1 amide bonds. The zero-order valence-electron chi connectivity index (χ0n) is 12.1. The minimum absolute atomic E-state index is 0.0490. The average Bonchev–Trinajstić information content (AvgIpc) is 2.37. The molecule has 7 heteroatoms. The van der Waals surface area contributed by atoms with E-state index in [4.69, 9.17) is 0 Å². The molecular weight excluding hydrogens is 282 g/mol. The molecule has 0 aromatic carbocycles. The second-order valence-corrected chi connectivity index (χ2v) is 7.63. The van der Waals surface area contributed by atoms with Gasteiger partial charge in [0.15, 0.2) is 9.84 Å². The topological polar surface area (TPSA) is 91.8 Å². The Bertz CT molecular complexity index is 465. The lowest BCUT2D eigenvalue weighted by molar-refractivity contribution is -0.159. The number of carboxylic acid groups (broad SMARTS) is 1. The Labute approximate surface area is 120 Å². The van der Waals surface area contributed by atoms with Gasteiger partial charge in [-0.15, -0.1) is 0 Å². The number of sulfone groups is 1. The third kappa shape index (κ3) is 3.71. The van der Waals surface area contributed by atoms with E-state index in [-0.39, 0.29) is 5.75 Å². The van der Waals surface area contributed by atoms with Crippen LogP contribution in [-0.4, -0.2) is 54.4 Å². The van der Waals surface area contributed by atoms with Gasteiger partial charge in [0, 0.05) is 7.05 Å². The summed E-state index contributed by atoms with van der Waals surface area (Å²) in [5.41, 5.74) is -1.24. The maximum Gasteiger partial charge on any atom is 0.329 e. The fourth-order valence-corrected chi connectivity index (χ4v) is 4.07. The maximum atomic E-state index is 12.1. The van der Waals surface area contributed by atoms with Crippen LogP contribution in [0.3, 0.4) is 0 Å². The van der Waals surface area contributed by atoms with Crippen LogP contribution >= 0.6 is 0 Å². The fraction of sp³-hybridized carbons (Fsp3) is 0.846. The molecule has 0 spiro atoms. The van der Waals surface area contributed by atoms with E-state index < -0.39 is 33.0 Å². The molecule has 0 aromatic heterocycles. The summed E-state index contributed by atoms with van der Waals surface area (Å²) in [5, 5.41) is 9.47. The van der Waals surface area contributed by atoms with E-state index in [1.165, 1.54) is 7.05 Å². The van der Waals surface area contributed by atoms with Gasteiger partial charge >= 0.3 is 5.97 Å². The van der Waals surface area contributed by atoms with Crippen molar-refractivity contribution in [3.8, 4) is 0 Å². The summed E-state index contributed by atoms with van der Waals surface area (Å²) in [6.45, 7) is 1.73. The van der Waals surface area contributed by atoms with Gasteiger partial charge in [0.25, 0.3) is 0 Å². The van der Waals surface area contributed by atoms with Crippen molar-refractivity contribution in [3.05, 3.63) is 0 Å². The van der Waals surface area contributed by atoms with Crippen molar-refractivity contribution in [2.45, 2.75) is 51.0 Å². The minimum Gasteiger partial charge on any atom is -0.479 e. The molecular formula is C13H23NO5S. The van der Waals surface area contributed by atoms with E-state index in [1.54, 1.807) is 6.92 Å². The van der Waals surface area contributed by atoms with Crippen LogP contribution in [-0.2, 0) is 19.4 Å². The molecule has 0 radical (unpaired) electrons. The fourth-order valence-electron chi connectivity index (χ4n) is 2.74. The van der Waals surface area contributed by atoms with Crippen LogP contribution in [0.4, 0.5) is 0 Å². The second kappa shape index (κ2) is 6.56. The van der Waals surface area contributed by atoms with Crippen molar-refractivity contribution >= 4 is 21.7 Å². The van der Waals surface area contributed by atoms with Gasteiger partial charge in [-0.1, -0.05) is 26.2 Å². The Morgan fingerprint density at radius 2 is 1.75 bits per heavy atom. The molecule has 1 aliphatic rings. The predicted octanol–water partition coefficient (Wildman–Crippen LogP) is 1.06. The van der Waals surface area contributed by atoms with Gasteiger partial charge in [0.2, 0.25) is 5.91 Å². The molecule has 0 bridgehead atoms. The first-order valence-electron chi connectivity index (χ1n) is 6.95. The van der Waals surface area contributed by atoms with Gasteiger partial charge in [-0.3, -0.25) is 4.79 Å². The molecule has 116 valence electrons. The number of carbonyl (C=O) groups excluding carboxylic acids is 1. The lowest BCUT2D eigenvalue weighted by Gasteiger charge is -2.40. The molecule has 0 aliphatic heterocycles. The lowest BCUT2D eigenvalue weighted by Crippen LogP contribution is -2.57. The summed E-state index contributed by atoms with van der Waals surface area (Å²) >= 11 is 0. The number of rotatable bonds is 6. The SMILES string of the molecule is CCCS(=O)(=O)CC(=O)N(C)C1(C(=O)O)CCCCC1. The van der Waals surface area contributed by atoms with E-state index in [2.05, 4.69) is 0 Å². The van der Waals surface area contributed by atoms with Crippen LogP contribution in [0.5, 0.6) is 0 Å². The summed E-state index contributed by atoms with van der Waals surface area (Å²) in [6, 6.07) is 0. The minimum atomic E-state index is -3.45. The van der Waals surface area contributed by atoms with Gasteiger partial charge < -0.3 is 10.0 Å². The number of nitrogens with zero attached hydrogens (tertiary/aromatic N) is 1. The molecule has 1 fully saturated rings. The monoisotopic (exact) mass is 305 g/mol. The molecule has 1 saturated carbocycles. The number of hydrogen-bond acceptors (Lipinski definition) is 4. The summed E-state index contributed by atoms with van der Waals surface area (Å²) in [5.74, 6) is -2.32. The Balaban J connectivity index is 2.88. The predicted molar refractivity (Wildman–Crippen MR) is 75.2 cm³/mol. The number of likely N-dealkylation sites (N-methyl/N-ethyl adjacent to an activating group) is 1. The van der Waals surface area contributed by atoms with Crippen molar-refractivity contribution in [2.75, 3.05) is 18.6 Å². The smallest absolute Gasteiger partial charge is 0.329 e. The van der Waals surface area contributed by atoms with E-state index in [1.807, 2.05) is 0 Å². The third-order valence-corrected chi connectivity index (χ3v) is 5.67. The van der Waals surface area contributed by atoms with Gasteiger partial charge in [-0.2, -0.15) is 0 Å². The third-order valence-electron chi connectivity index (χ3n) is 3.95. The lowest BCUT2D eigenvalue weighted by atomic mass is 9.80. The molecule has 0 heterocycles. The molecule has 1 N–H and O–H groups in total. The van der Waals surface area contributed by atoms with Crippen LogP contribution in [0.1, 0.15) is 45.4 Å². The van der Waals surface area contributed by atoms with Crippen LogP contribution in [0.15, 0.2) is 0 Å². The zero-order chi connectivity index (χ0) is 15.4. The van der Waals surface area contributed by atoms with Gasteiger partial charge in [-0.05, 0) is 19.3 Å². The summed E-state index contributed by atoms with van der Waals surface area (Å²) in [4.78, 5) is 24.8. The van der Waals surface area contributed by atoms with Crippen molar-refractivity contribution in [1.29, 1.82) is 0 Å². The summed E-state index contributed by atoms with van der Waals surface area (Å²) in [7, 11) is -2.05. The van der Waals surface area contributed by atoms with Crippen LogP contribution in [0, 0.1) is 0 Å². The molecule has 0 saturated heterocycles. The highest BCUT2D eigenvalue weighted by Gasteiger charge is 2.45. The molecule has 0 atom stereocenters. The zero-order valence-corrected chi connectivity index (χ0v) is 12.9. The number of hydrogen-bond donors (Lipinski definition) is 1. The van der Waals surface area contributed by atoms with E-state index in [0.29, 0.717) is 19.3 Å². The van der Waals surface area contributed by atoms with Crippen LogP contribution < -0.4 is 0 Å². The normalized spacial score (nSPS) is 18.5. The number of aliphatic carboxylic acids is 1. The molecule has 0 aromatic rings. The van der Waals surface area contributed by atoms with Gasteiger partial charge in [0.05, 0.1) is 5.75 Å². The molecule has 1 rings (SSSR count). The molecule has 6 nitrogen and oxygen atoms in total. The van der Waals surface area contributed by atoms with Crippen LogP contribution in [0.25, 0.3) is 0 Å².